The summed E-state index contributed by atoms with van der Waals surface area (Å²) in [6, 6.07) is 7.44. The Kier molecular flexibility index (Phi) is 5.91. The second kappa shape index (κ2) is 7.91. The molecule has 2 rings (SSSR count). The minimum absolute atomic E-state index is 0.0491. The Morgan fingerprint density at radius 1 is 1.14 bits per heavy atom. The van der Waals surface area contributed by atoms with Gasteiger partial charge in [0.25, 0.3) is 11.8 Å². The van der Waals surface area contributed by atoms with Crippen molar-refractivity contribution < 1.29 is 14.0 Å². The lowest BCUT2D eigenvalue weighted by molar-refractivity contribution is 0.0949. The Morgan fingerprint density at radius 3 is 2.50 bits per heavy atom. The van der Waals surface area contributed by atoms with Crippen molar-refractivity contribution in [1.82, 2.24) is 10.6 Å². The van der Waals surface area contributed by atoms with E-state index in [0.717, 1.165) is 6.07 Å². The van der Waals surface area contributed by atoms with Gasteiger partial charge in [0.1, 0.15) is 5.82 Å². The van der Waals surface area contributed by atoms with Gasteiger partial charge in [0.05, 0.1) is 10.4 Å². The first-order chi connectivity index (χ1) is 10.6. The molecule has 4 nitrogen and oxygen atoms in total. The van der Waals surface area contributed by atoms with E-state index in [1.54, 1.807) is 12.1 Å². The summed E-state index contributed by atoms with van der Waals surface area (Å²) in [5.74, 6) is -1.29. The summed E-state index contributed by atoms with van der Waals surface area (Å²) >= 11 is 6.99. The van der Waals surface area contributed by atoms with Crippen LogP contribution in [-0.2, 0) is 0 Å². The Hall–Kier alpha value is -1.92. The van der Waals surface area contributed by atoms with Crippen LogP contribution in [0.2, 0.25) is 5.02 Å². The monoisotopic (exact) mass is 340 g/mol. The molecule has 22 heavy (non-hydrogen) atoms. The molecule has 116 valence electrons. The SMILES string of the molecule is O=C(NCCCNC(=O)c1ccc(Cl)cc1F)c1cccs1. The summed E-state index contributed by atoms with van der Waals surface area (Å²) in [6.07, 6.45) is 0.554. The van der Waals surface area contributed by atoms with Gasteiger partial charge in [-0.05, 0) is 36.1 Å². The highest BCUT2D eigenvalue weighted by molar-refractivity contribution is 7.12. The van der Waals surface area contributed by atoms with Crippen molar-refractivity contribution in [2.24, 2.45) is 0 Å². The van der Waals surface area contributed by atoms with Crippen LogP contribution in [0.15, 0.2) is 35.7 Å². The van der Waals surface area contributed by atoms with Crippen LogP contribution in [0.1, 0.15) is 26.5 Å². The van der Waals surface area contributed by atoms with E-state index in [-0.39, 0.29) is 16.5 Å². The first kappa shape index (κ1) is 16.5. The van der Waals surface area contributed by atoms with Gasteiger partial charge in [-0.15, -0.1) is 11.3 Å². The summed E-state index contributed by atoms with van der Waals surface area (Å²) in [4.78, 5) is 24.1. The maximum atomic E-state index is 13.5. The molecule has 0 aliphatic heterocycles. The molecule has 0 fully saturated rings. The fourth-order valence-corrected chi connectivity index (χ4v) is 2.55. The van der Waals surface area contributed by atoms with Crippen LogP contribution in [0.5, 0.6) is 0 Å². The number of thiophene rings is 1. The van der Waals surface area contributed by atoms with Gasteiger partial charge in [-0.2, -0.15) is 0 Å². The molecular weight excluding hydrogens is 327 g/mol. The molecule has 1 aromatic carbocycles. The zero-order valence-electron chi connectivity index (χ0n) is 11.6. The minimum Gasteiger partial charge on any atom is -0.352 e. The molecule has 0 aliphatic carbocycles. The highest BCUT2D eigenvalue weighted by atomic mass is 35.5. The zero-order valence-corrected chi connectivity index (χ0v) is 13.1. The lowest BCUT2D eigenvalue weighted by atomic mass is 10.2. The van der Waals surface area contributed by atoms with Crippen LogP contribution in [0, 0.1) is 5.82 Å². The lowest BCUT2D eigenvalue weighted by Gasteiger charge is -2.07. The van der Waals surface area contributed by atoms with E-state index in [0.29, 0.717) is 24.4 Å². The fourth-order valence-electron chi connectivity index (χ4n) is 1.76. The molecule has 0 spiro atoms. The molecule has 1 heterocycles. The Bertz CT molecular complexity index is 662. The predicted octanol–water partition coefficient (Wildman–Crippen LogP) is 3.09. The quantitative estimate of drug-likeness (QED) is 0.794. The molecule has 2 aromatic rings. The third-order valence-electron chi connectivity index (χ3n) is 2.85. The molecule has 7 heteroatoms. The molecule has 0 unspecified atom stereocenters. The summed E-state index contributed by atoms with van der Waals surface area (Å²) in [6.45, 7) is 0.770. The average Bonchev–Trinajstić information content (AvgIpc) is 3.00. The number of hydrogen-bond acceptors (Lipinski definition) is 3. The Balaban J connectivity index is 1.70. The molecule has 0 aliphatic rings. The first-order valence-corrected chi connectivity index (χ1v) is 7.88. The number of carbonyl (C=O) groups excluding carboxylic acids is 2. The van der Waals surface area contributed by atoms with Crippen LogP contribution in [0.25, 0.3) is 0 Å². The summed E-state index contributed by atoms with van der Waals surface area (Å²) < 4.78 is 13.5. The van der Waals surface area contributed by atoms with Gasteiger partial charge in [-0.3, -0.25) is 9.59 Å². The van der Waals surface area contributed by atoms with E-state index in [1.165, 1.54) is 23.5 Å². The topological polar surface area (TPSA) is 58.2 Å². The van der Waals surface area contributed by atoms with Crippen LogP contribution in [-0.4, -0.2) is 24.9 Å². The molecule has 0 radical (unpaired) electrons. The van der Waals surface area contributed by atoms with Crippen molar-refractivity contribution in [2.45, 2.75) is 6.42 Å². The van der Waals surface area contributed by atoms with Gasteiger partial charge in [-0.1, -0.05) is 17.7 Å². The van der Waals surface area contributed by atoms with Crippen molar-refractivity contribution in [3.05, 3.63) is 57.0 Å². The fraction of sp³-hybridized carbons (Fsp3) is 0.200. The second-order valence-corrected chi connectivity index (χ2v) is 5.85. The molecule has 0 saturated heterocycles. The predicted molar refractivity (Wildman–Crippen MR) is 85.0 cm³/mol. The maximum Gasteiger partial charge on any atom is 0.261 e. The number of carbonyl (C=O) groups is 2. The van der Waals surface area contributed by atoms with Crippen molar-refractivity contribution >= 4 is 34.8 Å². The van der Waals surface area contributed by atoms with E-state index >= 15 is 0 Å². The van der Waals surface area contributed by atoms with E-state index in [1.807, 2.05) is 5.38 Å². The molecule has 0 atom stereocenters. The van der Waals surface area contributed by atoms with Gasteiger partial charge >= 0.3 is 0 Å². The van der Waals surface area contributed by atoms with Gasteiger partial charge in [0, 0.05) is 18.1 Å². The third-order valence-corrected chi connectivity index (χ3v) is 3.95. The van der Waals surface area contributed by atoms with Crippen LogP contribution >= 0.6 is 22.9 Å². The smallest absolute Gasteiger partial charge is 0.261 e. The number of hydrogen-bond donors (Lipinski definition) is 2. The van der Waals surface area contributed by atoms with E-state index < -0.39 is 11.7 Å². The highest BCUT2D eigenvalue weighted by Gasteiger charge is 2.11. The average molecular weight is 341 g/mol. The van der Waals surface area contributed by atoms with E-state index in [2.05, 4.69) is 10.6 Å². The largest absolute Gasteiger partial charge is 0.352 e. The lowest BCUT2D eigenvalue weighted by Crippen LogP contribution is -2.30. The van der Waals surface area contributed by atoms with Gasteiger partial charge < -0.3 is 10.6 Å². The van der Waals surface area contributed by atoms with Gasteiger partial charge in [-0.25, -0.2) is 4.39 Å². The summed E-state index contributed by atoms with van der Waals surface area (Å²) in [5.41, 5.74) is -0.0491. The maximum absolute atomic E-state index is 13.5. The molecule has 2 N–H and O–H groups in total. The van der Waals surface area contributed by atoms with E-state index in [4.69, 9.17) is 11.6 Å². The van der Waals surface area contributed by atoms with Crippen molar-refractivity contribution in [2.75, 3.05) is 13.1 Å². The number of amides is 2. The standard InChI is InChI=1S/C15H14ClFN2O2S/c16-10-4-5-11(12(17)9-10)14(20)18-6-2-7-19-15(21)13-3-1-8-22-13/h1,3-5,8-9H,2,6-7H2,(H,18,20)(H,19,21). The van der Waals surface area contributed by atoms with Crippen LogP contribution < -0.4 is 10.6 Å². The molecule has 0 bridgehead atoms. The third kappa shape index (κ3) is 4.54. The van der Waals surface area contributed by atoms with Crippen molar-refractivity contribution in [1.29, 1.82) is 0 Å². The van der Waals surface area contributed by atoms with Crippen LogP contribution in [0.4, 0.5) is 4.39 Å². The zero-order chi connectivity index (χ0) is 15.9. The Morgan fingerprint density at radius 2 is 1.86 bits per heavy atom. The first-order valence-electron chi connectivity index (χ1n) is 6.63. The normalized spacial score (nSPS) is 10.3. The molecule has 0 saturated carbocycles. The number of halogens is 2. The molecular formula is C15H14ClFN2O2S. The number of nitrogens with one attached hydrogen (secondary N) is 2. The second-order valence-electron chi connectivity index (χ2n) is 4.47. The number of rotatable bonds is 6. The number of benzene rings is 1. The van der Waals surface area contributed by atoms with Gasteiger partial charge in [0.15, 0.2) is 0 Å². The summed E-state index contributed by atoms with van der Waals surface area (Å²) in [7, 11) is 0. The van der Waals surface area contributed by atoms with Crippen LogP contribution in [0.3, 0.4) is 0 Å². The van der Waals surface area contributed by atoms with Crippen molar-refractivity contribution in [3.8, 4) is 0 Å². The summed E-state index contributed by atoms with van der Waals surface area (Å²) in [5, 5.41) is 7.41. The van der Waals surface area contributed by atoms with E-state index in [9.17, 15) is 14.0 Å². The van der Waals surface area contributed by atoms with Crippen molar-refractivity contribution in [3.63, 3.8) is 0 Å². The molecule has 2 amide bonds. The Labute approximate surface area is 136 Å². The highest BCUT2D eigenvalue weighted by Crippen LogP contribution is 2.14. The minimum atomic E-state index is -0.656. The van der Waals surface area contributed by atoms with Gasteiger partial charge in [0.2, 0.25) is 0 Å². The molecule has 1 aromatic heterocycles.